The number of anilines is 1. The summed E-state index contributed by atoms with van der Waals surface area (Å²) in [5.74, 6) is -0.434. The Balaban J connectivity index is 2.18. The van der Waals surface area contributed by atoms with Crippen molar-refractivity contribution >= 4 is 39.2 Å². The highest BCUT2D eigenvalue weighted by Gasteiger charge is 2.15. The number of hydrogen-bond acceptors (Lipinski definition) is 5. The summed E-state index contributed by atoms with van der Waals surface area (Å²) < 4.78 is 6.22. The number of aromatic nitrogens is 1. The highest BCUT2D eigenvalue weighted by atomic mass is 32.1. The van der Waals surface area contributed by atoms with Crippen LogP contribution in [0, 0.1) is 6.92 Å². The van der Waals surface area contributed by atoms with Crippen LogP contribution in [-0.4, -0.2) is 47.7 Å². The number of carboxylic acids is 1. The molecule has 1 aromatic carbocycles. The lowest BCUT2D eigenvalue weighted by molar-refractivity contribution is -0.137. The molecule has 0 bridgehead atoms. The Hall–Kier alpha value is -2.35. The predicted octanol–water partition coefficient (Wildman–Crippen LogP) is 2.55. The molecule has 0 fully saturated rings. The molecule has 0 aliphatic heterocycles. The van der Waals surface area contributed by atoms with Gasteiger partial charge in [0.2, 0.25) is 0 Å². The maximum Gasteiger partial charge on any atom is 0.321 e. The Labute approximate surface area is 131 Å². The van der Waals surface area contributed by atoms with E-state index >= 15 is 0 Å². The quantitative estimate of drug-likeness (QED) is 0.882. The van der Waals surface area contributed by atoms with Gasteiger partial charge in [0.15, 0.2) is 0 Å². The first-order chi connectivity index (χ1) is 10.4. The lowest BCUT2D eigenvalue weighted by Gasteiger charge is -2.18. The van der Waals surface area contributed by atoms with Crippen LogP contribution in [0.3, 0.4) is 0 Å². The van der Waals surface area contributed by atoms with E-state index in [1.54, 1.807) is 13.1 Å². The Morgan fingerprint density at radius 1 is 1.45 bits per heavy atom. The zero-order valence-corrected chi connectivity index (χ0v) is 13.4. The van der Waals surface area contributed by atoms with E-state index in [0.717, 1.165) is 15.2 Å². The predicted molar refractivity (Wildman–Crippen MR) is 84.8 cm³/mol. The van der Waals surface area contributed by atoms with Gasteiger partial charge in [0.25, 0.3) is 0 Å². The van der Waals surface area contributed by atoms with Gasteiger partial charge in [-0.2, -0.15) is 0 Å². The average Bonchev–Trinajstić information content (AvgIpc) is 2.82. The third-order valence-electron chi connectivity index (χ3n) is 3.07. The molecule has 2 amide bonds. The summed E-state index contributed by atoms with van der Waals surface area (Å²) in [5, 5.41) is 12.3. The van der Waals surface area contributed by atoms with Gasteiger partial charge in [-0.05, 0) is 13.0 Å². The van der Waals surface area contributed by atoms with Gasteiger partial charge in [-0.1, -0.05) is 0 Å². The Morgan fingerprint density at radius 3 is 2.82 bits per heavy atom. The topological polar surface area (TPSA) is 91.8 Å². The molecule has 0 radical (unpaired) electrons. The normalized spacial score (nSPS) is 10.5. The van der Waals surface area contributed by atoms with Crippen molar-refractivity contribution in [3.8, 4) is 5.75 Å². The van der Waals surface area contributed by atoms with Crippen molar-refractivity contribution in [2.45, 2.75) is 13.3 Å². The largest absolute Gasteiger partial charge is 0.494 e. The standard InChI is InChI=1S/C14H17N3O4S/c1-8-15-10-6-11(21-3)9(7-12(10)22-8)16-14(20)17(2)5-4-13(18)19/h6-7H,4-5H2,1-3H3,(H,16,20)(H,18,19). The summed E-state index contributed by atoms with van der Waals surface area (Å²) in [4.78, 5) is 28.3. The van der Waals surface area contributed by atoms with Crippen molar-refractivity contribution in [3.63, 3.8) is 0 Å². The highest BCUT2D eigenvalue weighted by Crippen LogP contribution is 2.33. The van der Waals surface area contributed by atoms with Crippen LogP contribution in [0.4, 0.5) is 10.5 Å². The maximum atomic E-state index is 12.1. The molecule has 2 aromatic rings. The fourth-order valence-electron chi connectivity index (χ4n) is 1.91. The van der Waals surface area contributed by atoms with Crippen LogP contribution < -0.4 is 10.1 Å². The molecule has 0 aliphatic carbocycles. The number of amides is 2. The molecule has 1 heterocycles. The first-order valence-corrected chi connectivity index (χ1v) is 7.41. The molecule has 118 valence electrons. The molecular weight excluding hydrogens is 306 g/mol. The Bertz CT molecular complexity index is 713. The van der Waals surface area contributed by atoms with Crippen molar-refractivity contribution in [3.05, 3.63) is 17.1 Å². The summed E-state index contributed by atoms with van der Waals surface area (Å²) >= 11 is 1.53. The zero-order chi connectivity index (χ0) is 16.3. The van der Waals surface area contributed by atoms with Crippen LogP contribution in [-0.2, 0) is 4.79 Å². The summed E-state index contributed by atoms with van der Waals surface area (Å²) in [5.41, 5.74) is 1.35. The van der Waals surface area contributed by atoms with Crippen molar-refractivity contribution < 1.29 is 19.4 Å². The summed E-state index contributed by atoms with van der Waals surface area (Å²) in [7, 11) is 3.06. The highest BCUT2D eigenvalue weighted by molar-refractivity contribution is 7.18. The minimum absolute atomic E-state index is 0.103. The number of carboxylic acid groups (broad SMARTS) is 1. The van der Waals surface area contributed by atoms with Gasteiger partial charge in [-0.3, -0.25) is 4.79 Å². The van der Waals surface area contributed by atoms with E-state index in [-0.39, 0.29) is 19.0 Å². The number of ether oxygens (including phenoxy) is 1. The lowest BCUT2D eigenvalue weighted by atomic mass is 10.2. The van der Waals surface area contributed by atoms with E-state index in [4.69, 9.17) is 9.84 Å². The number of aliphatic carboxylic acids is 1. The van der Waals surface area contributed by atoms with Crippen LogP contribution in [0.1, 0.15) is 11.4 Å². The average molecular weight is 323 g/mol. The fourth-order valence-corrected chi connectivity index (χ4v) is 2.76. The number of nitrogens with zero attached hydrogens (tertiary/aromatic N) is 2. The summed E-state index contributed by atoms with van der Waals surface area (Å²) in [6.07, 6.45) is -0.103. The van der Waals surface area contributed by atoms with Crippen molar-refractivity contribution in [1.82, 2.24) is 9.88 Å². The van der Waals surface area contributed by atoms with E-state index in [2.05, 4.69) is 10.3 Å². The molecule has 1 aromatic heterocycles. The number of hydrogen-bond donors (Lipinski definition) is 2. The number of aryl methyl sites for hydroxylation is 1. The van der Waals surface area contributed by atoms with Gasteiger partial charge in [-0.15, -0.1) is 11.3 Å². The van der Waals surface area contributed by atoms with E-state index < -0.39 is 5.97 Å². The first-order valence-electron chi connectivity index (χ1n) is 6.59. The second-order valence-corrected chi connectivity index (χ2v) is 5.98. The summed E-state index contributed by atoms with van der Waals surface area (Å²) in [6, 6.07) is 3.19. The molecule has 0 unspecified atom stereocenters. The molecule has 8 heteroatoms. The number of thiazole rings is 1. The SMILES string of the molecule is COc1cc2nc(C)sc2cc1NC(=O)N(C)CCC(=O)O. The Morgan fingerprint density at radius 2 is 2.18 bits per heavy atom. The van der Waals surface area contributed by atoms with Gasteiger partial charge >= 0.3 is 12.0 Å². The van der Waals surface area contributed by atoms with Crippen LogP contribution in [0.2, 0.25) is 0 Å². The van der Waals surface area contributed by atoms with Gasteiger partial charge < -0.3 is 20.1 Å². The number of nitrogens with one attached hydrogen (secondary N) is 1. The van der Waals surface area contributed by atoms with Crippen molar-refractivity contribution in [2.24, 2.45) is 0 Å². The van der Waals surface area contributed by atoms with Gasteiger partial charge in [0.05, 0.1) is 34.4 Å². The van der Waals surface area contributed by atoms with Crippen molar-refractivity contribution in [2.75, 3.05) is 26.0 Å². The number of urea groups is 1. The van der Waals surface area contributed by atoms with Gasteiger partial charge in [-0.25, -0.2) is 9.78 Å². The van der Waals surface area contributed by atoms with Gasteiger partial charge in [0.1, 0.15) is 5.75 Å². The minimum Gasteiger partial charge on any atom is -0.494 e. The third kappa shape index (κ3) is 3.64. The number of carbonyl (C=O) groups excluding carboxylic acids is 1. The number of carbonyl (C=O) groups is 2. The Kier molecular flexibility index (Phi) is 4.81. The molecule has 7 nitrogen and oxygen atoms in total. The molecular formula is C14H17N3O4S. The molecule has 0 aliphatic rings. The molecule has 0 spiro atoms. The third-order valence-corrected chi connectivity index (χ3v) is 4.00. The first kappa shape index (κ1) is 16.0. The molecule has 2 rings (SSSR count). The molecule has 22 heavy (non-hydrogen) atoms. The molecule has 0 saturated carbocycles. The lowest BCUT2D eigenvalue weighted by Crippen LogP contribution is -2.33. The molecule has 2 N–H and O–H groups in total. The number of rotatable bonds is 5. The van der Waals surface area contributed by atoms with Crippen molar-refractivity contribution in [1.29, 1.82) is 0 Å². The number of benzene rings is 1. The van der Waals surface area contributed by atoms with E-state index in [9.17, 15) is 9.59 Å². The number of fused-ring (bicyclic) bond motifs is 1. The second kappa shape index (κ2) is 6.61. The van der Waals surface area contributed by atoms with E-state index in [1.807, 2.05) is 13.0 Å². The molecule has 0 atom stereocenters. The van der Waals surface area contributed by atoms with Crippen LogP contribution in [0.25, 0.3) is 10.2 Å². The zero-order valence-electron chi connectivity index (χ0n) is 12.5. The minimum atomic E-state index is -0.946. The van der Waals surface area contributed by atoms with Gasteiger partial charge in [0, 0.05) is 19.7 Å². The van der Waals surface area contributed by atoms with Crippen LogP contribution >= 0.6 is 11.3 Å². The number of methoxy groups -OCH3 is 1. The molecule has 0 saturated heterocycles. The van der Waals surface area contributed by atoms with E-state index in [1.165, 1.54) is 23.3 Å². The second-order valence-electron chi connectivity index (χ2n) is 4.75. The summed E-state index contributed by atoms with van der Waals surface area (Å²) in [6.45, 7) is 2.04. The monoisotopic (exact) mass is 323 g/mol. The maximum absolute atomic E-state index is 12.1. The fraction of sp³-hybridized carbons (Fsp3) is 0.357. The van der Waals surface area contributed by atoms with Crippen LogP contribution in [0.15, 0.2) is 12.1 Å². The smallest absolute Gasteiger partial charge is 0.321 e. The van der Waals surface area contributed by atoms with Crippen LogP contribution in [0.5, 0.6) is 5.75 Å². The van der Waals surface area contributed by atoms with E-state index in [0.29, 0.717) is 11.4 Å².